The van der Waals surface area contributed by atoms with Crippen LogP contribution in [0.1, 0.15) is 5.56 Å². The fourth-order valence-corrected chi connectivity index (χ4v) is 1.33. The Bertz CT molecular complexity index is 285. The van der Waals surface area contributed by atoms with E-state index in [2.05, 4.69) is 4.99 Å². The Morgan fingerprint density at radius 1 is 1.73 bits per heavy atom. The van der Waals surface area contributed by atoms with Crippen molar-refractivity contribution in [2.75, 3.05) is 0 Å². The van der Waals surface area contributed by atoms with Crippen LogP contribution in [0, 0.1) is 0 Å². The van der Waals surface area contributed by atoms with Gasteiger partial charge in [0.2, 0.25) is 6.08 Å². The molecule has 1 aromatic heterocycles. The zero-order valence-corrected chi connectivity index (χ0v) is 6.43. The van der Waals surface area contributed by atoms with Gasteiger partial charge in [-0.2, -0.15) is 11.3 Å². The predicted octanol–water partition coefficient (Wildman–Crippen LogP) is 1.15. The van der Waals surface area contributed by atoms with Gasteiger partial charge in [-0.25, -0.2) is 4.79 Å². The third kappa shape index (κ3) is 2.45. The van der Waals surface area contributed by atoms with Gasteiger partial charge in [0.15, 0.2) is 0 Å². The second-order valence-corrected chi connectivity index (χ2v) is 2.69. The van der Waals surface area contributed by atoms with Crippen LogP contribution in [0.25, 0.3) is 0 Å². The molecule has 0 aliphatic heterocycles. The largest absolute Gasteiger partial charge is 0.271 e. The van der Waals surface area contributed by atoms with Gasteiger partial charge >= 0.3 is 0 Å². The Hall–Kier alpha value is -1.25. The number of carbonyl (C=O) groups excluding carboxylic acids is 2. The normalized spacial score (nSPS) is 8.73. The lowest BCUT2D eigenvalue weighted by Gasteiger charge is -1.86. The molecule has 0 spiro atoms. The van der Waals surface area contributed by atoms with E-state index >= 15 is 0 Å². The number of nitrogens with zero attached hydrogens (tertiary/aromatic N) is 1. The molecule has 0 atom stereocenters. The van der Waals surface area contributed by atoms with Crippen molar-refractivity contribution >= 4 is 23.3 Å². The Kier molecular flexibility index (Phi) is 2.72. The SMILES string of the molecule is O=C=NC(=O)Cc1ccsc1. The molecular formula is C7H5NO2S. The summed E-state index contributed by atoms with van der Waals surface area (Å²) < 4.78 is 0. The first-order valence-corrected chi connectivity index (χ1v) is 3.89. The van der Waals surface area contributed by atoms with Gasteiger partial charge in [0.05, 0.1) is 6.42 Å². The molecule has 0 unspecified atom stereocenters. The molecule has 0 aromatic carbocycles. The maximum atomic E-state index is 10.7. The average Bonchev–Trinajstić information content (AvgIpc) is 2.40. The Morgan fingerprint density at radius 3 is 3.09 bits per heavy atom. The second-order valence-electron chi connectivity index (χ2n) is 1.91. The Morgan fingerprint density at radius 2 is 2.55 bits per heavy atom. The van der Waals surface area contributed by atoms with Gasteiger partial charge in [-0.3, -0.25) is 4.79 Å². The molecule has 0 saturated carbocycles. The molecule has 0 aliphatic carbocycles. The van der Waals surface area contributed by atoms with E-state index in [1.54, 1.807) is 0 Å². The predicted molar refractivity (Wildman–Crippen MR) is 41.2 cm³/mol. The van der Waals surface area contributed by atoms with E-state index in [4.69, 9.17) is 0 Å². The van der Waals surface area contributed by atoms with Crippen LogP contribution < -0.4 is 0 Å². The first kappa shape index (κ1) is 7.85. The standard InChI is InChI=1S/C7H5NO2S/c9-5-8-7(10)3-6-1-2-11-4-6/h1-2,4H,3H2. The van der Waals surface area contributed by atoms with E-state index in [0.29, 0.717) is 0 Å². The lowest BCUT2D eigenvalue weighted by Crippen LogP contribution is -1.96. The van der Waals surface area contributed by atoms with Crippen LogP contribution in [0.15, 0.2) is 21.8 Å². The molecule has 11 heavy (non-hydrogen) atoms. The number of rotatable bonds is 2. The molecule has 0 bridgehead atoms. The maximum absolute atomic E-state index is 10.7. The molecule has 0 fully saturated rings. The highest BCUT2D eigenvalue weighted by molar-refractivity contribution is 7.07. The summed E-state index contributed by atoms with van der Waals surface area (Å²) in [7, 11) is 0. The van der Waals surface area contributed by atoms with Crippen LogP contribution in [0.5, 0.6) is 0 Å². The van der Waals surface area contributed by atoms with Crippen LogP contribution >= 0.6 is 11.3 Å². The summed E-state index contributed by atoms with van der Waals surface area (Å²) in [5, 5.41) is 3.71. The number of hydrogen-bond acceptors (Lipinski definition) is 3. The molecule has 0 saturated heterocycles. The second kappa shape index (κ2) is 3.81. The highest BCUT2D eigenvalue weighted by atomic mass is 32.1. The summed E-state index contributed by atoms with van der Waals surface area (Å²) in [4.78, 5) is 23.3. The minimum absolute atomic E-state index is 0.193. The average molecular weight is 167 g/mol. The van der Waals surface area contributed by atoms with Gasteiger partial charge in [0.25, 0.3) is 5.91 Å². The fraction of sp³-hybridized carbons (Fsp3) is 0.143. The summed E-state index contributed by atoms with van der Waals surface area (Å²) in [5.41, 5.74) is 0.888. The molecule has 0 N–H and O–H groups in total. The first-order valence-electron chi connectivity index (χ1n) is 2.94. The van der Waals surface area contributed by atoms with Crippen molar-refractivity contribution in [3.8, 4) is 0 Å². The summed E-state index contributed by atoms with van der Waals surface area (Å²) in [6.45, 7) is 0. The van der Waals surface area contributed by atoms with Gasteiger partial charge in [-0.15, -0.1) is 4.99 Å². The highest BCUT2D eigenvalue weighted by Crippen LogP contribution is 2.06. The van der Waals surface area contributed by atoms with Crippen molar-refractivity contribution in [1.82, 2.24) is 0 Å². The molecule has 1 amide bonds. The minimum atomic E-state index is -0.446. The van der Waals surface area contributed by atoms with Gasteiger partial charge in [0.1, 0.15) is 0 Å². The van der Waals surface area contributed by atoms with Gasteiger partial charge in [-0.1, -0.05) is 0 Å². The third-order valence-corrected chi connectivity index (χ3v) is 1.84. The van der Waals surface area contributed by atoms with E-state index < -0.39 is 5.91 Å². The van der Waals surface area contributed by atoms with Crippen LogP contribution in [0.4, 0.5) is 0 Å². The van der Waals surface area contributed by atoms with Crippen LogP contribution in [-0.4, -0.2) is 12.0 Å². The number of isocyanates is 1. The molecule has 1 rings (SSSR count). The van der Waals surface area contributed by atoms with Gasteiger partial charge < -0.3 is 0 Å². The zero-order chi connectivity index (χ0) is 8.10. The molecule has 1 aromatic rings. The first-order chi connectivity index (χ1) is 5.33. The van der Waals surface area contributed by atoms with Crippen molar-refractivity contribution in [3.63, 3.8) is 0 Å². The van der Waals surface area contributed by atoms with Crippen molar-refractivity contribution < 1.29 is 9.59 Å². The minimum Gasteiger partial charge on any atom is -0.271 e. The van der Waals surface area contributed by atoms with E-state index in [1.807, 2.05) is 16.8 Å². The van der Waals surface area contributed by atoms with Crippen LogP contribution in [-0.2, 0) is 16.0 Å². The van der Waals surface area contributed by atoms with E-state index in [9.17, 15) is 9.59 Å². The number of hydrogen-bond donors (Lipinski definition) is 0. The summed E-state index contributed by atoms with van der Waals surface area (Å²) in [5.74, 6) is -0.446. The van der Waals surface area contributed by atoms with Crippen molar-refractivity contribution in [3.05, 3.63) is 22.4 Å². The number of thiophene rings is 1. The summed E-state index contributed by atoms with van der Waals surface area (Å²) >= 11 is 1.51. The Labute approximate surface area is 67.4 Å². The number of aliphatic imine (C=N–C) groups is 1. The third-order valence-electron chi connectivity index (χ3n) is 1.11. The topological polar surface area (TPSA) is 46.5 Å². The summed E-state index contributed by atoms with van der Waals surface area (Å²) in [6, 6.07) is 1.82. The van der Waals surface area contributed by atoms with Crippen LogP contribution in [0.3, 0.4) is 0 Å². The molecular weight excluding hydrogens is 162 g/mol. The quantitative estimate of drug-likeness (QED) is 0.490. The monoisotopic (exact) mass is 167 g/mol. The number of carbonyl (C=O) groups is 1. The van der Waals surface area contributed by atoms with Crippen molar-refractivity contribution in [2.24, 2.45) is 4.99 Å². The molecule has 3 nitrogen and oxygen atoms in total. The highest BCUT2D eigenvalue weighted by Gasteiger charge is 2.00. The molecule has 56 valence electrons. The van der Waals surface area contributed by atoms with Crippen molar-refractivity contribution in [1.29, 1.82) is 0 Å². The van der Waals surface area contributed by atoms with Crippen molar-refractivity contribution in [2.45, 2.75) is 6.42 Å². The molecule has 4 heteroatoms. The lowest BCUT2D eigenvalue weighted by atomic mass is 10.2. The summed E-state index contributed by atoms with van der Waals surface area (Å²) in [6.07, 6.45) is 1.40. The smallest absolute Gasteiger partial charge is 0.260 e. The van der Waals surface area contributed by atoms with E-state index in [1.165, 1.54) is 17.4 Å². The maximum Gasteiger partial charge on any atom is 0.260 e. The van der Waals surface area contributed by atoms with Gasteiger partial charge in [0, 0.05) is 0 Å². The van der Waals surface area contributed by atoms with E-state index in [0.717, 1.165) is 5.56 Å². The lowest BCUT2D eigenvalue weighted by molar-refractivity contribution is -0.117. The Balaban J connectivity index is 2.57. The van der Waals surface area contributed by atoms with E-state index in [-0.39, 0.29) is 6.42 Å². The number of amides is 1. The molecule has 1 heterocycles. The van der Waals surface area contributed by atoms with Gasteiger partial charge in [-0.05, 0) is 22.4 Å². The fourth-order valence-electron chi connectivity index (χ4n) is 0.658. The molecule has 0 aliphatic rings. The molecule has 0 radical (unpaired) electrons. The van der Waals surface area contributed by atoms with Crippen LogP contribution in [0.2, 0.25) is 0 Å². The zero-order valence-electron chi connectivity index (χ0n) is 5.61.